The van der Waals surface area contributed by atoms with Crippen molar-refractivity contribution in [3.05, 3.63) is 42.5 Å². The van der Waals surface area contributed by atoms with E-state index >= 15 is 0 Å². The Kier molecular flexibility index (Phi) is 7.19. The Morgan fingerprint density at radius 3 is 2.33 bits per heavy atom. The van der Waals surface area contributed by atoms with E-state index in [1.807, 2.05) is 0 Å². The van der Waals surface area contributed by atoms with Crippen LogP contribution in [0.4, 0.5) is 5.69 Å². The minimum atomic E-state index is -4.23. The normalized spacial score (nSPS) is 20.1. The maximum atomic E-state index is 13.2. The summed E-state index contributed by atoms with van der Waals surface area (Å²) < 4.78 is 65.7. The van der Waals surface area contributed by atoms with Crippen LogP contribution in [-0.2, 0) is 34.4 Å². The number of nitrogens with one attached hydrogen (secondary N) is 1. The third kappa shape index (κ3) is 5.60. The van der Waals surface area contributed by atoms with Gasteiger partial charge in [0.1, 0.15) is 19.3 Å². The van der Waals surface area contributed by atoms with E-state index in [4.69, 9.17) is 19.3 Å². The van der Waals surface area contributed by atoms with Crippen LogP contribution in [0.1, 0.15) is 6.42 Å². The maximum absolute atomic E-state index is 13.2. The van der Waals surface area contributed by atoms with Crippen LogP contribution in [0.3, 0.4) is 0 Å². The lowest BCUT2D eigenvalue weighted by atomic mass is 10.2. The fourth-order valence-electron chi connectivity index (χ4n) is 3.74. The van der Waals surface area contributed by atoms with Crippen LogP contribution < -0.4 is 19.9 Å². The van der Waals surface area contributed by atoms with Gasteiger partial charge in [-0.25, -0.2) is 22.0 Å². The summed E-state index contributed by atoms with van der Waals surface area (Å²) >= 11 is 0. The molecule has 0 saturated carbocycles. The number of hydrogen-bond acceptors (Lipinski definition) is 10. The van der Waals surface area contributed by atoms with Crippen LogP contribution in [0.25, 0.3) is 0 Å². The first-order chi connectivity index (χ1) is 16.9. The summed E-state index contributed by atoms with van der Waals surface area (Å²) in [5, 5.41) is 17.5. The molecule has 0 aromatic heterocycles. The van der Waals surface area contributed by atoms with Crippen molar-refractivity contribution >= 4 is 37.6 Å². The van der Waals surface area contributed by atoms with Gasteiger partial charge in [-0.15, -0.1) is 0 Å². The smallest absolute Gasteiger partial charge is 0.325 e. The van der Waals surface area contributed by atoms with Crippen LogP contribution in [0.5, 0.6) is 11.5 Å². The number of aliphatic hydroxyl groups is 1. The highest BCUT2D eigenvalue weighted by molar-refractivity contribution is 7.89. The van der Waals surface area contributed by atoms with Crippen molar-refractivity contribution in [1.82, 2.24) is 4.31 Å². The molecule has 2 atom stereocenters. The summed E-state index contributed by atoms with van der Waals surface area (Å²) in [5.74, 6) is -1.11. The first-order valence-electron chi connectivity index (χ1n) is 10.6. The fourth-order valence-corrected chi connectivity index (χ4v) is 5.90. The van der Waals surface area contributed by atoms with Crippen LogP contribution >= 0.6 is 0 Å². The van der Waals surface area contributed by atoms with Gasteiger partial charge < -0.3 is 24.6 Å². The number of esters is 1. The van der Waals surface area contributed by atoms with Crippen molar-refractivity contribution in [1.29, 1.82) is 0 Å². The number of ether oxygens (including phenoxy) is 3. The molecule has 15 heteroatoms. The SMILES string of the molecule is NS(=O)(=O)c1ccc(NC(=O)COC(=O)[C@@H]2C[C@H](O)CN2S(=O)(=O)c2ccc3c(c2)OCCO3)cc1. The van der Waals surface area contributed by atoms with Crippen LogP contribution in [0, 0.1) is 0 Å². The van der Waals surface area contributed by atoms with Gasteiger partial charge in [-0.05, 0) is 36.4 Å². The number of β-amino-alcohol motifs (C(OH)–C–C–N with tert-alkyl or cyclic N) is 1. The van der Waals surface area contributed by atoms with Gasteiger partial charge in [0.2, 0.25) is 20.0 Å². The predicted molar refractivity (Wildman–Crippen MR) is 123 cm³/mol. The van der Waals surface area contributed by atoms with E-state index in [9.17, 15) is 31.5 Å². The van der Waals surface area contributed by atoms with Gasteiger partial charge in [-0.1, -0.05) is 0 Å². The van der Waals surface area contributed by atoms with Gasteiger partial charge in [-0.2, -0.15) is 4.31 Å². The van der Waals surface area contributed by atoms with Crippen molar-refractivity contribution in [3.63, 3.8) is 0 Å². The Morgan fingerprint density at radius 1 is 1.03 bits per heavy atom. The Labute approximate surface area is 206 Å². The average Bonchev–Trinajstić information content (AvgIpc) is 3.24. The molecule has 0 spiro atoms. The largest absolute Gasteiger partial charge is 0.486 e. The zero-order chi connectivity index (χ0) is 26.1. The molecule has 0 radical (unpaired) electrons. The van der Waals surface area contributed by atoms with E-state index in [-0.39, 0.29) is 40.8 Å². The molecule has 0 aliphatic carbocycles. The molecule has 2 aromatic rings. The monoisotopic (exact) mass is 541 g/mol. The zero-order valence-corrected chi connectivity index (χ0v) is 20.3. The summed E-state index contributed by atoms with van der Waals surface area (Å²) in [4.78, 5) is 24.6. The molecule has 4 rings (SSSR count). The minimum absolute atomic E-state index is 0.147. The van der Waals surface area contributed by atoms with Crippen molar-refractivity contribution in [2.45, 2.75) is 28.4 Å². The Balaban J connectivity index is 1.41. The van der Waals surface area contributed by atoms with E-state index in [0.717, 1.165) is 4.31 Å². The minimum Gasteiger partial charge on any atom is -0.486 e. The maximum Gasteiger partial charge on any atom is 0.325 e. The van der Waals surface area contributed by atoms with E-state index in [0.29, 0.717) is 12.4 Å². The van der Waals surface area contributed by atoms with Crippen LogP contribution in [-0.4, -0.2) is 76.6 Å². The summed E-state index contributed by atoms with van der Waals surface area (Å²) in [5.41, 5.74) is 0.225. The first-order valence-corrected chi connectivity index (χ1v) is 13.6. The van der Waals surface area contributed by atoms with Crippen LogP contribution in [0.15, 0.2) is 52.3 Å². The third-order valence-corrected chi connectivity index (χ3v) is 8.24. The molecular weight excluding hydrogens is 518 g/mol. The molecule has 2 aliphatic heterocycles. The number of rotatable bonds is 7. The number of aliphatic hydroxyl groups excluding tert-OH is 1. The van der Waals surface area contributed by atoms with Crippen LogP contribution in [0.2, 0.25) is 0 Å². The Morgan fingerprint density at radius 2 is 1.67 bits per heavy atom. The third-order valence-electron chi connectivity index (χ3n) is 5.44. The lowest BCUT2D eigenvalue weighted by molar-refractivity contribution is -0.150. The average molecular weight is 542 g/mol. The Bertz CT molecular complexity index is 1380. The highest BCUT2D eigenvalue weighted by Crippen LogP contribution is 2.35. The topological polar surface area (TPSA) is 192 Å². The van der Waals surface area contributed by atoms with Gasteiger partial charge in [0, 0.05) is 24.7 Å². The number of amides is 1. The molecule has 4 N–H and O–H groups in total. The lowest BCUT2D eigenvalue weighted by Crippen LogP contribution is -2.42. The second kappa shape index (κ2) is 10.0. The summed E-state index contributed by atoms with van der Waals surface area (Å²) in [6, 6.07) is 7.68. The number of benzene rings is 2. The van der Waals surface area contributed by atoms with Crippen molar-refractivity contribution < 1.29 is 45.7 Å². The molecule has 2 aromatic carbocycles. The number of primary sulfonamides is 1. The Hall–Kier alpha value is -3.24. The van der Waals surface area contributed by atoms with Crippen molar-refractivity contribution in [3.8, 4) is 11.5 Å². The molecule has 36 heavy (non-hydrogen) atoms. The van der Waals surface area contributed by atoms with E-state index in [2.05, 4.69) is 5.32 Å². The number of nitrogens with two attached hydrogens (primary N) is 1. The number of fused-ring (bicyclic) bond motifs is 1. The molecule has 1 fully saturated rings. The van der Waals surface area contributed by atoms with Crippen molar-refractivity contribution in [2.24, 2.45) is 5.14 Å². The lowest BCUT2D eigenvalue weighted by Gasteiger charge is -2.24. The van der Waals surface area contributed by atoms with Gasteiger partial charge in [0.25, 0.3) is 5.91 Å². The fraction of sp³-hybridized carbons (Fsp3) is 0.333. The molecular formula is C21H23N3O10S2. The van der Waals surface area contributed by atoms with E-state index in [1.165, 1.54) is 42.5 Å². The molecule has 0 unspecified atom stereocenters. The standard InChI is InChI=1S/C21H23N3O10S2/c22-35(28,29)15-3-1-13(2-4-15)23-20(26)12-34-21(27)17-9-14(25)11-24(17)36(30,31)16-5-6-18-19(10-16)33-8-7-32-18/h1-6,10,14,17,25H,7-9,11-12H2,(H,23,26)(H2,22,28,29)/t14-,17-/m0/s1. The molecule has 1 amide bonds. The van der Waals surface area contributed by atoms with E-state index < -0.39 is 50.7 Å². The van der Waals surface area contributed by atoms with Crippen molar-refractivity contribution in [2.75, 3.05) is 31.7 Å². The second-order valence-electron chi connectivity index (χ2n) is 8.01. The number of sulfonamides is 2. The first kappa shape index (κ1) is 25.8. The number of nitrogens with zero attached hydrogens (tertiary/aromatic N) is 1. The summed E-state index contributed by atoms with van der Waals surface area (Å²) in [7, 11) is -8.12. The number of anilines is 1. The second-order valence-corrected chi connectivity index (χ2v) is 11.5. The quantitative estimate of drug-likeness (QED) is 0.382. The number of carbonyl (C=O) groups excluding carboxylic acids is 2. The number of hydrogen-bond donors (Lipinski definition) is 3. The summed E-state index contributed by atoms with van der Waals surface area (Å²) in [6.07, 6.45) is -1.32. The highest BCUT2D eigenvalue weighted by Gasteiger charge is 2.44. The zero-order valence-electron chi connectivity index (χ0n) is 18.7. The molecule has 0 bridgehead atoms. The molecule has 1 saturated heterocycles. The van der Waals surface area contributed by atoms with Gasteiger partial charge >= 0.3 is 5.97 Å². The van der Waals surface area contributed by atoms with Gasteiger partial charge in [0.05, 0.1) is 15.9 Å². The van der Waals surface area contributed by atoms with Gasteiger partial charge in [0.15, 0.2) is 18.1 Å². The summed E-state index contributed by atoms with van der Waals surface area (Å²) in [6.45, 7) is -0.481. The molecule has 13 nitrogen and oxygen atoms in total. The molecule has 2 heterocycles. The predicted octanol–water partition coefficient (Wildman–Crippen LogP) is -0.589. The molecule has 2 aliphatic rings. The number of carbonyl (C=O) groups is 2. The van der Waals surface area contributed by atoms with Gasteiger partial charge in [-0.3, -0.25) is 9.59 Å². The highest BCUT2D eigenvalue weighted by atomic mass is 32.2. The molecule has 194 valence electrons. The van der Waals surface area contributed by atoms with E-state index in [1.54, 1.807) is 0 Å².